The highest BCUT2D eigenvalue weighted by Gasteiger charge is 2.36. The minimum atomic E-state index is -0.969. The Morgan fingerprint density at radius 1 is 1.19 bits per heavy atom. The maximum Gasteiger partial charge on any atom is 0.326 e. The molecular weight excluding hydrogens is 376 g/mol. The normalized spacial score (nSPS) is 21.3. The monoisotopic (exact) mass is 401 g/mol. The summed E-state index contributed by atoms with van der Waals surface area (Å²) in [5.41, 5.74) is 0.439. The van der Waals surface area contributed by atoms with Gasteiger partial charge < -0.3 is 9.72 Å². The highest BCUT2D eigenvalue weighted by molar-refractivity contribution is 5.85. The summed E-state index contributed by atoms with van der Waals surface area (Å²) in [5.74, 6) is -1.86. The van der Waals surface area contributed by atoms with Crippen molar-refractivity contribution in [3.8, 4) is 0 Å². The predicted octanol–water partition coefficient (Wildman–Crippen LogP) is 3.54. The molecule has 3 heterocycles. The van der Waals surface area contributed by atoms with Crippen molar-refractivity contribution < 1.29 is 13.5 Å². The molecule has 8 heteroatoms. The van der Waals surface area contributed by atoms with Crippen molar-refractivity contribution in [3.05, 3.63) is 33.7 Å². The summed E-state index contributed by atoms with van der Waals surface area (Å²) >= 11 is 0. The second-order valence-corrected chi connectivity index (χ2v) is 7.84. The number of rotatable bonds is 2. The Balaban J connectivity index is 0.00000210. The van der Waals surface area contributed by atoms with Crippen LogP contribution in [0.4, 0.5) is 8.78 Å². The van der Waals surface area contributed by atoms with E-state index in [4.69, 9.17) is 4.74 Å². The Morgan fingerprint density at radius 2 is 1.81 bits per heavy atom. The van der Waals surface area contributed by atoms with Gasteiger partial charge in [-0.25, -0.2) is 13.6 Å². The maximum absolute atomic E-state index is 14.2. The van der Waals surface area contributed by atoms with Crippen LogP contribution in [-0.2, 0) is 4.74 Å². The Bertz CT molecular complexity index is 881. The number of aromatic nitrogens is 2. The second-order valence-electron chi connectivity index (χ2n) is 7.84. The average Bonchev–Trinajstić information content (AvgIpc) is 2.97. The van der Waals surface area contributed by atoms with Crippen LogP contribution in [0.5, 0.6) is 0 Å². The van der Waals surface area contributed by atoms with Crippen molar-refractivity contribution in [2.45, 2.75) is 51.1 Å². The third-order valence-corrected chi connectivity index (χ3v) is 6.24. The zero-order valence-electron chi connectivity index (χ0n) is 15.7. The van der Waals surface area contributed by atoms with Crippen LogP contribution in [0.1, 0.15) is 44.2 Å². The zero-order valence-corrected chi connectivity index (χ0v) is 16.5. The van der Waals surface area contributed by atoms with Gasteiger partial charge in [0.15, 0.2) is 11.6 Å². The van der Waals surface area contributed by atoms with Crippen LogP contribution in [0.25, 0.3) is 11.0 Å². The van der Waals surface area contributed by atoms with Gasteiger partial charge in [-0.2, -0.15) is 0 Å². The van der Waals surface area contributed by atoms with Gasteiger partial charge in [0.1, 0.15) is 5.52 Å². The van der Waals surface area contributed by atoms with E-state index in [1.807, 2.05) is 0 Å². The number of imidazole rings is 1. The topological polar surface area (TPSA) is 50.3 Å². The summed E-state index contributed by atoms with van der Waals surface area (Å²) in [5, 5.41) is 0. The van der Waals surface area contributed by atoms with E-state index in [1.54, 1.807) is 10.6 Å². The third kappa shape index (κ3) is 3.41. The number of H-pyrrole nitrogens is 1. The van der Waals surface area contributed by atoms with E-state index >= 15 is 0 Å². The molecule has 0 aliphatic carbocycles. The molecule has 2 aliphatic rings. The van der Waals surface area contributed by atoms with Crippen LogP contribution in [0, 0.1) is 18.6 Å². The number of aryl methyl sites for hydroxylation is 1. The molecule has 2 fully saturated rings. The lowest BCUT2D eigenvalue weighted by Gasteiger charge is -2.47. The van der Waals surface area contributed by atoms with Crippen molar-refractivity contribution in [1.82, 2.24) is 14.5 Å². The van der Waals surface area contributed by atoms with Crippen LogP contribution in [0.3, 0.4) is 0 Å². The summed E-state index contributed by atoms with van der Waals surface area (Å²) in [7, 11) is 0. The summed E-state index contributed by atoms with van der Waals surface area (Å²) in [4.78, 5) is 17.4. The maximum atomic E-state index is 14.2. The van der Waals surface area contributed by atoms with E-state index in [1.165, 1.54) is 6.92 Å². The fourth-order valence-corrected chi connectivity index (χ4v) is 4.48. The second kappa shape index (κ2) is 7.53. The molecule has 1 aromatic carbocycles. The first-order valence-electron chi connectivity index (χ1n) is 9.32. The van der Waals surface area contributed by atoms with Crippen molar-refractivity contribution in [1.29, 1.82) is 0 Å². The van der Waals surface area contributed by atoms with Crippen molar-refractivity contribution in [3.63, 3.8) is 0 Å². The number of ether oxygens (including phenoxy) is 1. The Morgan fingerprint density at radius 3 is 2.44 bits per heavy atom. The van der Waals surface area contributed by atoms with Crippen molar-refractivity contribution in [2.24, 2.45) is 0 Å². The van der Waals surface area contributed by atoms with Crippen molar-refractivity contribution >= 4 is 23.4 Å². The summed E-state index contributed by atoms with van der Waals surface area (Å²) in [6, 6.07) is 1.57. The van der Waals surface area contributed by atoms with E-state index in [0.717, 1.165) is 52.0 Å². The number of nitrogens with zero attached hydrogens (tertiary/aromatic N) is 2. The van der Waals surface area contributed by atoms with Crippen LogP contribution in [-0.4, -0.2) is 46.3 Å². The van der Waals surface area contributed by atoms with E-state index in [9.17, 15) is 13.6 Å². The first-order chi connectivity index (χ1) is 12.4. The van der Waals surface area contributed by atoms with Gasteiger partial charge in [-0.05, 0) is 51.2 Å². The fraction of sp³-hybridized carbons (Fsp3) is 0.632. The molecule has 0 saturated carbocycles. The molecular formula is C19H26ClF2N3O2. The zero-order chi connectivity index (χ0) is 18.5. The van der Waals surface area contributed by atoms with Gasteiger partial charge in [0, 0.05) is 37.9 Å². The van der Waals surface area contributed by atoms with E-state index in [0.29, 0.717) is 5.52 Å². The molecule has 4 rings (SSSR count). The number of hydrogen-bond donors (Lipinski definition) is 1. The Labute approximate surface area is 163 Å². The van der Waals surface area contributed by atoms with E-state index < -0.39 is 11.6 Å². The molecule has 1 N–H and O–H groups in total. The van der Waals surface area contributed by atoms with Gasteiger partial charge in [0.25, 0.3) is 0 Å². The number of likely N-dealkylation sites (tertiary alicyclic amines) is 1. The molecule has 0 atom stereocenters. The summed E-state index contributed by atoms with van der Waals surface area (Å²) < 4.78 is 35.1. The summed E-state index contributed by atoms with van der Waals surface area (Å²) in [6.07, 6.45) is 3.69. The molecule has 2 aliphatic heterocycles. The highest BCUT2D eigenvalue weighted by atomic mass is 35.5. The van der Waals surface area contributed by atoms with Crippen LogP contribution in [0.15, 0.2) is 10.9 Å². The number of halogens is 3. The number of aromatic amines is 1. The van der Waals surface area contributed by atoms with Gasteiger partial charge in [-0.1, -0.05) is 0 Å². The quantitative estimate of drug-likeness (QED) is 0.837. The van der Waals surface area contributed by atoms with Gasteiger partial charge in [0.05, 0.1) is 5.52 Å². The van der Waals surface area contributed by atoms with Crippen LogP contribution >= 0.6 is 12.4 Å². The molecule has 0 radical (unpaired) electrons. The molecule has 0 spiro atoms. The van der Waals surface area contributed by atoms with Gasteiger partial charge in [0.2, 0.25) is 0 Å². The lowest BCUT2D eigenvalue weighted by atomic mass is 9.87. The molecule has 150 valence electrons. The molecule has 5 nitrogen and oxygen atoms in total. The lowest BCUT2D eigenvalue weighted by Crippen LogP contribution is -2.53. The molecule has 0 bridgehead atoms. The van der Waals surface area contributed by atoms with Crippen LogP contribution < -0.4 is 5.69 Å². The first-order valence-corrected chi connectivity index (χ1v) is 9.32. The van der Waals surface area contributed by atoms with Gasteiger partial charge in [-0.15, -0.1) is 12.4 Å². The smallest absolute Gasteiger partial charge is 0.326 e. The molecule has 27 heavy (non-hydrogen) atoms. The minimum Gasteiger partial charge on any atom is -0.381 e. The predicted molar refractivity (Wildman–Crippen MR) is 103 cm³/mol. The summed E-state index contributed by atoms with van der Waals surface area (Å²) in [6.45, 7) is 7.18. The molecule has 2 aromatic rings. The number of hydrogen-bond acceptors (Lipinski definition) is 3. The lowest BCUT2D eigenvalue weighted by molar-refractivity contribution is -0.0312. The molecule has 2 saturated heterocycles. The Kier molecular flexibility index (Phi) is 5.66. The first kappa shape index (κ1) is 20.3. The van der Waals surface area contributed by atoms with Gasteiger partial charge in [-0.3, -0.25) is 9.47 Å². The average molecular weight is 402 g/mol. The van der Waals surface area contributed by atoms with E-state index in [2.05, 4.69) is 16.8 Å². The van der Waals surface area contributed by atoms with Crippen LogP contribution in [0.2, 0.25) is 0 Å². The van der Waals surface area contributed by atoms with Gasteiger partial charge >= 0.3 is 5.69 Å². The largest absolute Gasteiger partial charge is 0.381 e. The van der Waals surface area contributed by atoms with Crippen molar-refractivity contribution in [2.75, 3.05) is 26.3 Å². The van der Waals surface area contributed by atoms with E-state index in [-0.39, 0.29) is 40.8 Å². The fourth-order valence-electron chi connectivity index (χ4n) is 4.48. The molecule has 1 aromatic heterocycles. The number of fused-ring (bicyclic) bond motifs is 1. The molecule has 0 amide bonds. The Hall–Kier alpha value is -1.44. The molecule has 0 unspecified atom stereocenters. The highest BCUT2D eigenvalue weighted by Crippen LogP contribution is 2.34. The standard InChI is InChI=1S/C19H25F2N3O2.ClH/c1-12-11-14-17(16(21)15(12)20)22-18(25)24(14)13-3-7-23(8-4-13)19(2)5-9-26-10-6-19;/h11,13H,3-10H2,1-2H3,(H,22,25);1H. The minimum absolute atomic E-state index is 0. The number of nitrogens with one attached hydrogen (secondary N) is 1. The SMILES string of the molecule is Cc1cc2c([nH]c(=O)n2C2CCN(C3(C)CCOCC3)CC2)c(F)c1F.Cl. The third-order valence-electron chi connectivity index (χ3n) is 6.24. The number of benzene rings is 1. The number of piperidine rings is 1.